The van der Waals surface area contributed by atoms with Gasteiger partial charge in [0.15, 0.2) is 0 Å². The maximum Gasteiger partial charge on any atom is 0.252 e. The highest BCUT2D eigenvalue weighted by molar-refractivity contribution is 6.31. The van der Waals surface area contributed by atoms with Crippen LogP contribution in [0.1, 0.15) is 21.5 Å². The first-order valence-corrected chi connectivity index (χ1v) is 7.43. The van der Waals surface area contributed by atoms with E-state index in [4.69, 9.17) is 11.6 Å². The second-order valence-electron chi connectivity index (χ2n) is 5.20. The molecule has 0 bridgehead atoms. The maximum atomic E-state index is 12.3. The van der Waals surface area contributed by atoms with Gasteiger partial charge >= 0.3 is 0 Å². The molecule has 0 aliphatic carbocycles. The third-order valence-electron chi connectivity index (χ3n) is 3.72. The van der Waals surface area contributed by atoms with Gasteiger partial charge in [-0.2, -0.15) is 0 Å². The number of fused-ring (bicyclic) bond motifs is 1. The van der Waals surface area contributed by atoms with Gasteiger partial charge in [-0.1, -0.05) is 48.0 Å². The SMILES string of the molecule is O=C1NC(C(=O)NCc2ccccc2Cl)Cc2ccccc21. The quantitative estimate of drug-likeness (QED) is 0.913. The number of hydrogen-bond donors (Lipinski definition) is 2. The molecule has 22 heavy (non-hydrogen) atoms. The minimum atomic E-state index is -0.551. The molecule has 1 atom stereocenters. The number of amides is 2. The fraction of sp³-hybridized carbons (Fsp3) is 0.176. The van der Waals surface area contributed by atoms with Crippen LogP contribution in [0.5, 0.6) is 0 Å². The molecule has 0 spiro atoms. The van der Waals surface area contributed by atoms with Crippen molar-refractivity contribution in [1.82, 2.24) is 10.6 Å². The van der Waals surface area contributed by atoms with Gasteiger partial charge in [0.05, 0.1) is 0 Å². The van der Waals surface area contributed by atoms with E-state index in [1.807, 2.05) is 36.4 Å². The topological polar surface area (TPSA) is 58.2 Å². The van der Waals surface area contributed by atoms with Crippen LogP contribution in [0.3, 0.4) is 0 Å². The van der Waals surface area contributed by atoms with Crippen molar-refractivity contribution < 1.29 is 9.59 Å². The van der Waals surface area contributed by atoms with Gasteiger partial charge in [-0.05, 0) is 23.3 Å². The van der Waals surface area contributed by atoms with E-state index in [1.165, 1.54) is 0 Å². The van der Waals surface area contributed by atoms with Gasteiger partial charge < -0.3 is 10.6 Å². The van der Waals surface area contributed by atoms with Crippen LogP contribution in [0.4, 0.5) is 0 Å². The summed E-state index contributed by atoms with van der Waals surface area (Å²) in [4.78, 5) is 24.3. The Balaban J connectivity index is 1.67. The van der Waals surface area contributed by atoms with Gasteiger partial charge in [-0.15, -0.1) is 0 Å². The van der Waals surface area contributed by atoms with Crippen LogP contribution >= 0.6 is 11.6 Å². The monoisotopic (exact) mass is 314 g/mol. The molecule has 0 aromatic heterocycles. The highest BCUT2D eigenvalue weighted by atomic mass is 35.5. The molecule has 2 N–H and O–H groups in total. The predicted molar refractivity (Wildman–Crippen MR) is 84.7 cm³/mol. The molecular formula is C17H15ClN2O2. The second-order valence-corrected chi connectivity index (χ2v) is 5.60. The average Bonchev–Trinajstić information content (AvgIpc) is 2.54. The molecule has 2 aromatic carbocycles. The lowest BCUT2D eigenvalue weighted by Gasteiger charge is -2.24. The third-order valence-corrected chi connectivity index (χ3v) is 4.09. The van der Waals surface area contributed by atoms with Crippen molar-refractivity contribution in [2.45, 2.75) is 19.0 Å². The van der Waals surface area contributed by atoms with E-state index in [-0.39, 0.29) is 11.8 Å². The Morgan fingerprint density at radius 3 is 2.73 bits per heavy atom. The van der Waals surface area contributed by atoms with Crippen LogP contribution in [-0.4, -0.2) is 17.9 Å². The minimum Gasteiger partial charge on any atom is -0.350 e. The fourth-order valence-corrected chi connectivity index (χ4v) is 2.73. The first kappa shape index (κ1) is 14.6. The summed E-state index contributed by atoms with van der Waals surface area (Å²) < 4.78 is 0. The van der Waals surface area contributed by atoms with E-state index in [9.17, 15) is 9.59 Å². The van der Waals surface area contributed by atoms with Gasteiger partial charge in [0.25, 0.3) is 5.91 Å². The lowest BCUT2D eigenvalue weighted by Crippen LogP contribution is -2.50. The molecule has 0 radical (unpaired) electrons. The Bertz CT molecular complexity index is 730. The molecule has 1 aliphatic heterocycles. The summed E-state index contributed by atoms with van der Waals surface area (Å²) in [5.74, 6) is -0.414. The zero-order valence-corrected chi connectivity index (χ0v) is 12.6. The summed E-state index contributed by atoms with van der Waals surface area (Å²) in [7, 11) is 0. The molecule has 1 aliphatic rings. The number of halogens is 1. The van der Waals surface area contributed by atoms with Crippen LogP contribution in [0.15, 0.2) is 48.5 Å². The third kappa shape index (κ3) is 2.97. The Labute approximate surface area is 133 Å². The van der Waals surface area contributed by atoms with Gasteiger partial charge in [0.1, 0.15) is 6.04 Å². The van der Waals surface area contributed by atoms with Crippen LogP contribution < -0.4 is 10.6 Å². The van der Waals surface area contributed by atoms with Gasteiger partial charge in [0.2, 0.25) is 5.91 Å². The van der Waals surface area contributed by atoms with E-state index >= 15 is 0 Å². The number of carbonyl (C=O) groups excluding carboxylic acids is 2. The Hall–Kier alpha value is -2.33. The van der Waals surface area contributed by atoms with Crippen LogP contribution in [0, 0.1) is 0 Å². The van der Waals surface area contributed by atoms with E-state index in [1.54, 1.807) is 12.1 Å². The minimum absolute atomic E-state index is 0.206. The molecule has 0 fully saturated rings. The first-order chi connectivity index (χ1) is 10.6. The van der Waals surface area contributed by atoms with Crippen molar-refractivity contribution in [3.63, 3.8) is 0 Å². The second kappa shape index (κ2) is 6.20. The Kier molecular flexibility index (Phi) is 4.11. The average molecular weight is 315 g/mol. The molecule has 2 amide bonds. The van der Waals surface area contributed by atoms with E-state index in [0.29, 0.717) is 23.6 Å². The predicted octanol–water partition coefficient (Wildman–Crippen LogP) is 2.31. The largest absolute Gasteiger partial charge is 0.350 e. The lowest BCUT2D eigenvalue weighted by molar-refractivity contribution is -0.123. The van der Waals surface area contributed by atoms with Gasteiger partial charge in [-0.25, -0.2) is 0 Å². The van der Waals surface area contributed by atoms with E-state index < -0.39 is 6.04 Å². The summed E-state index contributed by atoms with van der Waals surface area (Å²) in [6, 6.07) is 14.1. The zero-order valence-electron chi connectivity index (χ0n) is 11.8. The van der Waals surface area contributed by atoms with Crippen LogP contribution in [0.25, 0.3) is 0 Å². The summed E-state index contributed by atoms with van der Waals surface area (Å²) in [6.45, 7) is 0.340. The van der Waals surface area contributed by atoms with Gasteiger partial charge in [-0.3, -0.25) is 9.59 Å². The van der Waals surface area contributed by atoms with Crippen molar-refractivity contribution in [3.8, 4) is 0 Å². The Morgan fingerprint density at radius 2 is 1.91 bits per heavy atom. The van der Waals surface area contributed by atoms with E-state index in [0.717, 1.165) is 11.1 Å². The number of rotatable bonds is 3. The molecule has 112 valence electrons. The van der Waals surface area contributed by atoms with Crippen molar-refractivity contribution in [2.24, 2.45) is 0 Å². The summed E-state index contributed by atoms with van der Waals surface area (Å²) in [5.41, 5.74) is 2.38. The number of hydrogen-bond acceptors (Lipinski definition) is 2. The Morgan fingerprint density at radius 1 is 1.18 bits per heavy atom. The van der Waals surface area contributed by atoms with Crippen LogP contribution in [-0.2, 0) is 17.8 Å². The lowest BCUT2D eigenvalue weighted by atomic mass is 9.95. The van der Waals surface area contributed by atoms with E-state index in [2.05, 4.69) is 10.6 Å². The molecule has 4 nitrogen and oxygen atoms in total. The normalized spacial score (nSPS) is 16.6. The standard InChI is InChI=1S/C17H15ClN2O2/c18-14-8-4-2-6-12(14)10-19-17(22)15-9-11-5-1-3-7-13(11)16(21)20-15/h1-8,15H,9-10H2,(H,19,22)(H,20,21). The van der Waals surface area contributed by atoms with Gasteiger partial charge in [0, 0.05) is 23.6 Å². The molecule has 0 saturated carbocycles. The van der Waals surface area contributed by atoms with Crippen molar-refractivity contribution in [1.29, 1.82) is 0 Å². The fourth-order valence-electron chi connectivity index (χ4n) is 2.53. The molecule has 0 saturated heterocycles. The van der Waals surface area contributed by atoms with Crippen molar-refractivity contribution in [3.05, 3.63) is 70.2 Å². The number of benzene rings is 2. The summed E-state index contributed by atoms with van der Waals surface area (Å²) >= 11 is 6.06. The molecule has 3 rings (SSSR count). The van der Waals surface area contributed by atoms with Crippen molar-refractivity contribution in [2.75, 3.05) is 0 Å². The van der Waals surface area contributed by atoms with Crippen molar-refractivity contribution >= 4 is 23.4 Å². The zero-order chi connectivity index (χ0) is 15.5. The molecule has 5 heteroatoms. The smallest absolute Gasteiger partial charge is 0.252 e. The summed E-state index contributed by atoms with van der Waals surface area (Å²) in [6.07, 6.45) is 0.496. The summed E-state index contributed by atoms with van der Waals surface area (Å²) in [5, 5.41) is 6.17. The highest BCUT2D eigenvalue weighted by Crippen LogP contribution is 2.17. The van der Waals surface area contributed by atoms with Crippen LogP contribution in [0.2, 0.25) is 5.02 Å². The molecular weight excluding hydrogens is 300 g/mol. The highest BCUT2D eigenvalue weighted by Gasteiger charge is 2.28. The maximum absolute atomic E-state index is 12.3. The first-order valence-electron chi connectivity index (χ1n) is 7.05. The number of nitrogens with one attached hydrogen (secondary N) is 2. The molecule has 1 unspecified atom stereocenters. The molecule has 1 heterocycles. The number of carbonyl (C=O) groups is 2. The molecule has 2 aromatic rings.